The summed E-state index contributed by atoms with van der Waals surface area (Å²) >= 11 is 0. The molecule has 0 spiro atoms. The predicted octanol–water partition coefficient (Wildman–Crippen LogP) is 1.34. The lowest BCUT2D eigenvalue weighted by Crippen LogP contribution is -2.35. The highest BCUT2D eigenvalue weighted by Gasteiger charge is 2.24. The van der Waals surface area contributed by atoms with Gasteiger partial charge in [0.2, 0.25) is 5.91 Å². The average Bonchev–Trinajstić information content (AvgIpc) is 2.96. The second-order valence-electron chi connectivity index (χ2n) is 5.68. The van der Waals surface area contributed by atoms with E-state index in [9.17, 15) is 22.0 Å². The number of nitrogens with one attached hydrogen (secondary N) is 1. The van der Waals surface area contributed by atoms with Gasteiger partial charge in [-0.15, -0.1) is 0 Å². The molecule has 1 atom stereocenters. The fourth-order valence-electron chi connectivity index (χ4n) is 2.53. The van der Waals surface area contributed by atoms with Crippen LogP contribution >= 0.6 is 0 Å². The number of benzene rings is 1. The molecular formula is C15H20F2N2O3S. The summed E-state index contributed by atoms with van der Waals surface area (Å²) in [7, 11) is -3.33. The Morgan fingerprint density at radius 2 is 2.09 bits per heavy atom. The molecule has 2 rings (SSSR count). The van der Waals surface area contributed by atoms with E-state index in [0.717, 1.165) is 18.6 Å². The fourth-order valence-corrected chi connectivity index (χ4v) is 3.23. The Balaban J connectivity index is 1.83. The monoisotopic (exact) mass is 346 g/mol. The molecule has 0 bridgehead atoms. The van der Waals surface area contributed by atoms with Crippen molar-refractivity contribution in [2.24, 2.45) is 5.92 Å². The van der Waals surface area contributed by atoms with E-state index in [1.54, 1.807) is 0 Å². The second kappa shape index (κ2) is 7.25. The zero-order valence-electron chi connectivity index (χ0n) is 12.9. The quantitative estimate of drug-likeness (QED) is 0.844. The third-order valence-corrected chi connectivity index (χ3v) is 5.51. The Kier molecular flexibility index (Phi) is 5.56. The van der Waals surface area contributed by atoms with Crippen LogP contribution in [0, 0.1) is 17.6 Å². The van der Waals surface area contributed by atoms with E-state index in [1.165, 1.54) is 13.0 Å². The third-order valence-electron chi connectivity index (χ3n) is 3.93. The number of amides is 1. The summed E-state index contributed by atoms with van der Waals surface area (Å²) in [5.41, 5.74) is 0.603. The molecule has 1 N–H and O–H groups in total. The summed E-state index contributed by atoms with van der Waals surface area (Å²) in [4.78, 5) is 13.5. The van der Waals surface area contributed by atoms with Crippen molar-refractivity contribution in [1.29, 1.82) is 0 Å². The van der Waals surface area contributed by atoms with Crippen molar-refractivity contribution in [3.63, 3.8) is 0 Å². The number of halogens is 2. The summed E-state index contributed by atoms with van der Waals surface area (Å²) in [5.74, 6) is -2.68. The first-order valence-corrected chi connectivity index (χ1v) is 9.30. The minimum atomic E-state index is -3.33. The van der Waals surface area contributed by atoms with Crippen LogP contribution in [0.2, 0.25) is 0 Å². The molecule has 1 fully saturated rings. The molecule has 23 heavy (non-hydrogen) atoms. The van der Waals surface area contributed by atoms with Crippen molar-refractivity contribution >= 4 is 21.4 Å². The van der Waals surface area contributed by atoms with Crippen LogP contribution < -0.4 is 10.2 Å². The second-order valence-corrected chi connectivity index (χ2v) is 8.03. The lowest BCUT2D eigenvalue weighted by Gasteiger charge is -2.19. The average molecular weight is 346 g/mol. The Morgan fingerprint density at radius 3 is 2.74 bits per heavy atom. The minimum absolute atomic E-state index is 0.0617. The van der Waals surface area contributed by atoms with Crippen LogP contribution in [0.25, 0.3) is 0 Å². The maximum atomic E-state index is 13.3. The molecule has 128 valence electrons. The van der Waals surface area contributed by atoms with Gasteiger partial charge in [-0.3, -0.25) is 4.79 Å². The normalized spacial score (nSPS) is 18.2. The van der Waals surface area contributed by atoms with Crippen LogP contribution in [0.15, 0.2) is 18.2 Å². The van der Waals surface area contributed by atoms with Crippen LogP contribution in [-0.2, 0) is 14.6 Å². The molecule has 1 saturated heterocycles. The molecule has 8 heteroatoms. The van der Waals surface area contributed by atoms with Gasteiger partial charge in [-0.1, -0.05) is 6.92 Å². The number of hydrogen-bond acceptors (Lipinski definition) is 4. The van der Waals surface area contributed by atoms with Crippen molar-refractivity contribution in [2.75, 3.05) is 36.0 Å². The van der Waals surface area contributed by atoms with E-state index in [4.69, 9.17) is 0 Å². The highest BCUT2D eigenvalue weighted by atomic mass is 32.2. The van der Waals surface area contributed by atoms with Gasteiger partial charge >= 0.3 is 0 Å². The van der Waals surface area contributed by atoms with Crippen LogP contribution in [0.3, 0.4) is 0 Å². The number of sulfone groups is 1. The largest absolute Gasteiger partial charge is 0.371 e. The zero-order chi connectivity index (χ0) is 17.0. The Bertz CT molecular complexity index is 679. The van der Waals surface area contributed by atoms with E-state index >= 15 is 0 Å². The Hall–Kier alpha value is -1.70. The van der Waals surface area contributed by atoms with E-state index < -0.39 is 33.1 Å². The lowest BCUT2D eigenvalue weighted by molar-refractivity contribution is -0.118. The summed E-state index contributed by atoms with van der Waals surface area (Å²) in [6.07, 6.45) is 0.791. The van der Waals surface area contributed by atoms with Gasteiger partial charge in [0.25, 0.3) is 0 Å². The van der Waals surface area contributed by atoms with Crippen LogP contribution in [0.5, 0.6) is 0 Å². The van der Waals surface area contributed by atoms with Gasteiger partial charge in [0.15, 0.2) is 21.5 Å². The predicted molar refractivity (Wildman–Crippen MR) is 84.0 cm³/mol. The summed E-state index contributed by atoms with van der Waals surface area (Å²) in [5, 5.41) is 2.63. The Labute approximate surface area is 134 Å². The number of hydrogen-bond donors (Lipinski definition) is 1. The molecular weight excluding hydrogens is 326 g/mol. The van der Waals surface area contributed by atoms with Gasteiger partial charge in [-0.25, -0.2) is 17.2 Å². The molecule has 1 aliphatic rings. The van der Waals surface area contributed by atoms with Crippen molar-refractivity contribution in [3.05, 3.63) is 29.8 Å². The van der Waals surface area contributed by atoms with E-state index in [-0.39, 0.29) is 11.7 Å². The summed E-state index contributed by atoms with van der Waals surface area (Å²) in [6, 6.07) is 3.77. The first-order chi connectivity index (χ1) is 10.8. The van der Waals surface area contributed by atoms with E-state index in [0.29, 0.717) is 25.3 Å². The molecule has 1 aromatic carbocycles. The fraction of sp³-hybridized carbons (Fsp3) is 0.533. The first-order valence-electron chi connectivity index (χ1n) is 7.48. The molecule has 1 aliphatic heterocycles. The van der Waals surface area contributed by atoms with Gasteiger partial charge in [0.1, 0.15) is 5.75 Å². The minimum Gasteiger partial charge on any atom is -0.371 e. The number of carbonyl (C=O) groups excluding carboxylic acids is 1. The van der Waals surface area contributed by atoms with Crippen molar-refractivity contribution in [2.45, 2.75) is 13.3 Å². The topological polar surface area (TPSA) is 66.5 Å². The van der Waals surface area contributed by atoms with Gasteiger partial charge in [-0.05, 0) is 24.5 Å². The van der Waals surface area contributed by atoms with Crippen LogP contribution in [0.1, 0.15) is 13.3 Å². The highest BCUT2D eigenvalue weighted by molar-refractivity contribution is 7.92. The number of carbonyl (C=O) groups is 1. The maximum Gasteiger partial charge on any atom is 0.235 e. The van der Waals surface area contributed by atoms with Crippen molar-refractivity contribution < 1.29 is 22.0 Å². The van der Waals surface area contributed by atoms with Gasteiger partial charge < -0.3 is 10.2 Å². The van der Waals surface area contributed by atoms with Crippen molar-refractivity contribution in [1.82, 2.24) is 5.32 Å². The lowest BCUT2D eigenvalue weighted by atomic mass is 10.1. The van der Waals surface area contributed by atoms with E-state index in [1.807, 2.05) is 4.90 Å². The van der Waals surface area contributed by atoms with Gasteiger partial charge in [0.05, 0.1) is 0 Å². The molecule has 1 heterocycles. The van der Waals surface area contributed by atoms with Gasteiger partial charge in [0, 0.05) is 37.1 Å². The maximum absolute atomic E-state index is 13.3. The highest BCUT2D eigenvalue weighted by Crippen LogP contribution is 2.24. The molecule has 0 aromatic heterocycles. The Morgan fingerprint density at radius 1 is 1.35 bits per heavy atom. The number of nitrogens with zero attached hydrogens (tertiary/aromatic N) is 1. The number of anilines is 1. The molecule has 1 aromatic rings. The molecule has 1 unspecified atom stereocenters. The summed E-state index contributed by atoms with van der Waals surface area (Å²) < 4.78 is 48.9. The molecule has 1 amide bonds. The van der Waals surface area contributed by atoms with E-state index in [2.05, 4.69) is 5.32 Å². The smallest absolute Gasteiger partial charge is 0.235 e. The zero-order valence-corrected chi connectivity index (χ0v) is 13.7. The first kappa shape index (κ1) is 17.7. The number of rotatable bonds is 6. The summed E-state index contributed by atoms with van der Waals surface area (Å²) in [6.45, 7) is 3.16. The molecule has 0 saturated carbocycles. The van der Waals surface area contributed by atoms with Crippen LogP contribution in [0.4, 0.5) is 14.5 Å². The van der Waals surface area contributed by atoms with Crippen molar-refractivity contribution in [3.8, 4) is 0 Å². The van der Waals surface area contributed by atoms with Crippen LogP contribution in [-0.4, -0.2) is 45.5 Å². The third kappa shape index (κ3) is 4.89. The molecule has 0 radical (unpaired) electrons. The molecule has 0 aliphatic carbocycles. The standard InChI is InChI=1S/C15H20F2N2O3S/c1-2-23(21,22)10-15(20)18-8-11-5-6-19(9-11)12-3-4-13(16)14(17)7-12/h3-4,7,11H,2,5-6,8-10H2,1H3,(H,18,20). The SMILES string of the molecule is CCS(=O)(=O)CC(=O)NCC1CCN(c2ccc(F)c(F)c2)C1. The molecule has 5 nitrogen and oxygen atoms in total. The van der Waals surface area contributed by atoms with Gasteiger partial charge in [-0.2, -0.15) is 0 Å².